The molecule has 0 spiro atoms. The lowest BCUT2D eigenvalue weighted by Crippen LogP contribution is -2.19. The van der Waals surface area contributed by atoms with Crippen LogP contribution < -0.4 is 4.74 Å². The highest BCUT2D eigenvalue weighted by molar-refractivity contribution is 5.64. The molecule has 3 aromatic carbocycles. The first-order valence-corrected chi connectivity index (χ1v) is 13.5. The Morgan fingerprint density at radius 1 is 0.806 bits per heavy atom. The van der Waals surface area contributed by atoms with Crippen LogP contribution in [0.25, 0.3) is 11.1 Å². The standard InChI is InChI=1S/C33H38F2O/c1-3-5-6-8-24-9-13-26(14-10-24)28-17-19-29(20-18-28)27-15-11-25(12-16-27)23-36-31-22-21-30(7-4-2)32(34)33(31)35/h3,5,9-10,13-14,17-22,25,27H,4,6-8,11-12,15-16,23H2,1-2H3/b5-3+. The van der Waals surface area contributed by atoms with Gasteiger partial charge >= 0.3 is 0 Å². The smallest absolute Gasteiger partial charge is 0.200 e. The molecule has 0 N–H and O–H groups in total. The van der Waals surface area contributed by atoms with E-state index in [4.69, 9.17) is 4.74 Å². The SMILES string of the molecule is C/C=C/CCc1ccc(-c2ccc(C3CCC(COc4ccc(CCC)c(F)c4F)CC3)cc2)cc1. The van der Waals surface area contributed by atoms with Crippen molar-refractivity contribution in [1.29, 1.82) is 0 Å². The molecule has 1 aliphatic carbocycles. The molecule has 0 aliphatic heterocycles. The number of halogens is 2. The molecule has 3 aromatic rings. The fourth-order valence-electron chi connectivity index (χ4n) is 5.24. The molecule has 1 aliphatic rings. The minimum Gasteiger partial charge on any atom is -0.490 e. The van der Waals surface area contributed by atoms with E-state index in [1.54, 1.807) is 12.1 Å². The Bertz CT molecular complexity index is 1120. The van der Waals surface area contributed by atoms with Crippen molar-refractivity contribution in [1.82, 2.24) is 0 Å². The van der Waals surface area contributed by atoms with E-state index >= 15 is 0 Å². The van der Waals surface area contributed by atoms with Crippen LogP contribution in [0.2, 0.25) is 0 Å². The van der Waals surface area contributed by atoms with Gasteiger partial charge in [0.15, 0.2) is 11.6 Å². The molecule has 190 valence electrons. The van der Waals surface area contributed by atoms with E-state index in [1.807, 2.05) is 6.92 Å². The zero-order valence-corrected chi connectivity index (χ0v) is 21.6. The Balaban J connectivity index is 1.27. The van der Waals surface area contributed by atoms with Gasteiger partial charge in [-0.15, -0.1) is 0 Å². The molecule has 1 nitrogen and oxygen atoms in total. The van der Waals surface area contributed by atoms with Crippen LogP contribution in [0.1, 0.15) is 75.0 Å². The van der Waals surface area contributed by atoms with Crippen molar-refractivity contribution in [2.24, 2.45) is 5.92 Å². The summed E-state index contributed by atoms with van der Waals surface area (Å²) in [6.07, 6.45) is 12.1. The van der Waals surface area contributed by atoms with Gasteiger partial charge in [-0.2, -0.15) is 4.39 Å². The predicted molar refractivity (Wildman–Crippen MR) is 146 cm³/mol. The van der Waals surface area contributed by atoms with Gasteiger partial charge < -0.3 is 4.74 Å². The van der Waals surface area contributed by atoms with Gasteiger partial charge in [-0.05, 0) is 97.6 Å². The molecule has 0 radical (unpaired) electrons. The van der Waals surface area contributed by atoms with Gasteiger partial charge in [-0.3, -0.25) is 0 Å². The Morgan fingerprint density at radius 2 is 1.47 bits per heavy atom. The fraction of sp³-hybridized carbons (Fsp3) is 0.394. The predicted octanol–water partition coefficient (Wildman–Crippen LogP) is 9.45. The molecular formula is C33H38F2O. The first-order chi connectivity index (χ1) is 17.6. The summed E-state index contributed by atoms with van der Waals surface area (Å²) in [5.41, 5.74) is 5.69. The van der Waals surface area contributed by atoms with E-state index in [-0.39, 0.29) is 5.75 Å². The third-order valence-electron chi connectivity index (χ3n) is 7.47. The highest BCUT2D eigenvalue weighted by Gasteiger charge is 2.24. The molecule has 0 unspecified atom stereocenters. The summed E-state index contributed by atoms with van der Waals surface area (Å²) in [5, 5.41) is 0. The number of hydrogen-bond donors (Lipinski definition) is 0. The second kappa shape index (κ2) is 12.9. The topological polar surface area (TPSA) is 9.23 Å². The molecule has 0 atom stereocenters. The largest absolute Gasteiger partial charge is 0.490 e. The maximum Gasteiger partial charge on any atom is 0.200 e. The van der Waals surface area contributed by atoms with Crippen molar-refractivity contribution in [3.05, 3.63) is 101 Å². The van der Waals surface area contributed by atoms with Crippen LogP contribution in [0.5, 0.6) is 5.75 Å². The zero-order chi connectivity index (χ0) is 25.3. The van der Waals surface area contributed by atoms with Gasteiger partial charge in [0.25, 0.3) is 0 Å². The summed E-state index contributed by atoms with van der Waals surface area (Å²) >= 11 is 0. The van der Waals surface area contributed by atoms with E-state index in [0.29, 0.717) is 30.4 Å². The molecule has 0 aromatic heterocycles. The third-order valence-corrected chi connectivity index (χ3v) is 7.47. The third kappa shape index (κ3) is 6.63. The molecule has 4 rings (SSSR count). The summed E-state index contributed by atoms with van der Waals surface area (Å²) in [4.78, 5) is 0. The zero-order valence-electron chi connectivity index (χ0n) is 21.6. The lowest BCUT2D eigenvalue weighted by Gasteiger charge is -2.29. The highest BCUT2D eigenvalue weighted by atomic mass is 19.2. The van der Waals surface area contributed by atoms with Gasteiger partial charge in [0.1, 0.15) is 0 Å². The number of ether oxygens (including phenoxy) is 1. The molecular weight excluding hydrogens is 450 g/mol. The Kier molecular flexibility index (Phi) is 9.33. The van der Waals surface area contributed by atoms with Crippen LogP contribution >= 0.6 is 0 Å². The van der Waals surface area contributed by atoms with E-state index in [1.165, 1.54) is 22.3 Å². The van der Waals surface area contributed by atoms with E-state index in [9.17, 15) is 8.78 Å². The van der Waals surface area contributed by atoms with Crippen LogP contribution in [0, 0.1) is 17.6 Å². The number of allylic oxidation sites excluding steroid dienone is 2. The monoisotopic (exact) mass is 488 g/mol. The van der Waals surface area contributed by atoms with Crippen LogP contribution in [-0.2, 0) is 12.8 Å². The van der Waals surface area contributed by atoms with Crippen molar-refractivity contribution >= 4 is 0 Å². The molecule has 36 heavy (non-hydrogen) atoms. The fourth-order valence-corrected chi connectivity index (χ4v) is 5.24. The average Bonchev–Trinajstić information content (AvgIpc) is 2.92. The molecule has 3 heteroatoms. The Hall–Kier alpha value is -2.94. The van der Waals surface area contributed by atoms with Crippen molar-refractivity contribution in [2.45, 2.75) is 71.1 Å². The maximum atomic E-state index is 14.4. The van der Waals surface area contributed by atoms with Crippen molar-refractivity contribution in [3.8, 4) is 16.9 Å². The average molecular weight is 489 g/mol. The minimum atomic E-state index is -0.849. The normalized spacial score (nSPS) is 18.0. The second-order valence-electron chi connectivity index (χ2n) is 10.1. The van der Waals surface area contributed by atoms with E-state index in [2.05, 4.69) is 67.6 Å². The Morgan fingerprint density at radius 3 is 2.11 bits per heavy atom. The molecule has 1 fully saturated rings. The number of aryl methyl sites for hydroxylation is 2. The summed E-state index contributed by atoms with van der Waals surface area (Å²) in [5.74, 6) is -0.646. The summed E-state index contributed by atoms with van der Waals surface area (Å²) in [6.45, 7) is 4.46. The molecule has 1 saturated carbocycles. The first-order valence-electron chi connectivity index (χ1n) is 13.5. The van der Waals surface area contributed by atoms with Crippen LogP contribution in [-0.4, -0.2) is 6.61 Å². The lowest BCUT2D eigenvalue weighted by molar-refractivity contribution is 0.192. The Labute approximate surface area is 215 Å². The van der Waals surface area contributed by atoms with Crippen LogP contribution in [0.4, 0.5) is 8.78 Å². The molecule has 0 amide bonds. The second-order valence-corrected chi connectivity index (χ2v) is 10.1. The van der Waals surface area contributed by atoms with Gasteiger partial charge in [0, 0.05) is 0 Å². The van der Waals surface area contributed by atoms with Crippen molar-refractivity contribution < 1.29 is 13.5 Å². The quantitative estimate of drug-likeness (QED) is 0.258. The van der Waals surface area contributed by atoms with E-state index < -0.39 is 11.6 Å². The number of hydrogen-bond acceptors (Lipinski definition) is 1. The van der Waals surface area contributed by atoms with Gasteiger partial charge in [-0.25, -0.2) is 4.39 Å². The van der Waals surface area contributed by atoms with Gasteiger partial charge in [0.2, 0.25) is 5.82 Å². The number of rotatable bonds is 10. The van der Waals surface area contributed by atoms with Crippen LogP contribution in [0.3, 0.4) is 0 Å². The summed E-state index contributed by atoms with van der Waals surface area (Å²) < 4.78 is 34.3. The minimum absolute atomic E-state index is 0.0379. The maximum absolute atomic E-state index is 14.4. The summed E-state index contributed by atoms with van der Waals surface area (Å²) in [6, 6.07) is 21.1. The number of benzene rings is 3. The van der Waals surface area contributed by atoms with Gasteiger partial charge in [-0.1, -0.05) is 80.1 Å². The van der Waals surface area contributed by atoms with E-state index in [0.717, 1.165) is 44.9 Å². The van der Waals surface area contributed by atoms with Crippen molar-refractivity contribution in [2.75, 3.05) is 6.61 Å². The van der Waals surface area contributed by atoms with Crippen molar-refractivity contribution in [3.63, 3.8) is 0 Å². The lowest BCUT2D eigenvalue weighted by atomic mass is 9.79. The highest BCUT2D eigenvalue weighted by Crippen LogP contribution is 2.37. The molecule has 0 bridgehead atoms. The first kappa shape index (κ1) is 26.1. The molecule has 0 saturated heterocycles. The van der Waals surface area contributed by atoms with Gasteiger partial charge in [0.05, 0.1) is 6.61 Å². The molecule has 0 heterocycles. The summed E-state index contributed by atoms with van der Waals surface area (Å²) in [7, 11) is 0. The van der Waals surface area contributed by atoms with Crippen LogP contribution in [0.15, 0.2) is 72.8 Å².